The third-order valence-electron chi connectivity index (χ3n) is 3.87. The zero-order valence-corrected chi connectivity index (χ0v) is 13.2. The normalized spacial score (nSPS) is 12.1. The Balaban J connectivity index is 2.24. The van der Waals surface area contributed by atoms with Crippen LogP contribution >= 0.6 is 0 Å². The van der Waals surface area contributed by atoms with Crippen LogP contribution < -0.4 is 10.1 Å². The maximum absolute atomic E-state index is 5.49. The number of hydrogen-bond acceptors (Lipinski definition) is 2. The number of aryl methyl sites for hydroxylation is 1. The van der Waals surface area contributed by atoms with E-state index in [1.807, 2.05) is 19.2 Å². The fraction of sp³-hybridized carbons (Fsp3) is 0.368. The maximum Gasteiger partial charge on any atom is 0.123 e. The van der Waals surface area contributed by atoms with Gasteiger partial charge in [0, 0.05) is 5.56 Å². The van der Waals surface area contributed by atoms with Crippen molar-refractivity contribution in [2.24, 2.45) is 0 Å². The number of hydrogen-bond donors (Lipinski definition) is 1. The summed E-state index contributed by atoms with van der Waals surface area (Å²) in [7, 11) is 3.71. The first kappa shape index (κ1) is 15.6. The molecule has 2 aromatic carbocycles. The number of unbranched alkanes of at least 4 members (excludes halogenated alkanes) is 1. The molecule has 2 rings (SSSR count). The lowest BCUT2D eigenvalue weighted by Gasteiger charge is -2.20. The van der Waals surface area contributed by atoms with Crippen LogP contribution in [0.2, 0.25) is 0 Å². The molecular formula is C19H25NO. The van der Waals surface area contributed by atoms with Crippen molar-refractivity contribution in [2.45, 2.75) is 32.2 Å². The quantitative estimate of drug-likeness (QED) is 0.816. The van der Waals surface area contributed by atoms with E-state index in [2.05, 4.69) is 48.6 Å². The third-order valence-corrected chi connectivity index (χ3v) is 3.87. The lowest BCUT2D eigenvalue weighted by molar-refractivity contribution is 0.405. The van der Waals surface area contributed by atoms with Gasteiger partial charge in [-0.05, 0) is 37.1 Å². The Morgan fingerprint density at radius 2 is 1.76 bits per heavy atom. The number of nitrogens with one attached hydrogen (secondary N) is 1. The van der Waals surface area contributed by atoms with Gasteiger partial charge in [-0.2, -0.15) is 0 Å². The van der Waals surface area contributed by atoms with Gasteiger partial charge >= 0.3 is 0 Å². The molecule has 112 valence electrons. The van der Waals surface area contributed by atoms with Gasteiger partial charge in [-0.1, -0.05) is 55.8 Å². The van der Waals surface area contributed by atoms with Crippen molar-refractivity contribution in [1.82, 2.24) is 5.32 Å². The Bertz CT molecular complexity index is 548. The van der Waals surface area contributed by atoms with Gasteiger partial charge in [0.15, 0.2) is 0 Å². The largest absolute Gasteiger partial charge is 0.496 e. The van der Waals surface area contributed by atoms with E-state index in [9.17, 15) is 0 Å². The SMILES string of the molecule is CCCCc1ccc(C(NC)c2ccccc2OC)cc1. The first-order valence-corrected chi connectivity index (χ1v) is 7.69. The second-order valence-electron chi connectivity index (χ2n) is 5.31. The summed E-state index contributed by atoms with van der Waals surface area (Å²) in [6.07, 6.45) is 3.65. The summed E-state index contributed by atoms with van der Waals surface area (Å²) in [6.45, 7) is 2.23. The van der Waals surface area contributed by atoms with E-state index in [0.717, 1.165) is 12.2 Å². The minimum atomic E-state index is 0.154. The average molecular weight is 283 g/mol. The van der Waals surface area contributed by atoms with E-state index in [1.165, 1.54) is 29.5 Å². The van der Waals surface area contributed by atoms with Crippen molar-refractivity contribution in [3.8, 4) is 5.75 Å². The number of ether oxygens (including phenoxy) is 1. The van der Waals surface area contributed by atoms with Crippen LogP contribution in [0.4, 0.5) is 0 Å². The molecule has 0 fully saturated rings. The molecule has 0 amide bonds. The standard InChI is InChI=1S/C19H25NO/c1-4-5-8-15-11-13-16(14-12-15)19(20-2)17-9-6-7-10-18(17)21-3/h6-7,9-14,19-20H,4-5,8H2,1-3H3. The van der Waals surface area contributed by atoms with Gasteiger partial charge in [0.1, 0.15) is 5.75 Å². The number of rotatable bonds is 7. The second-order valence-corrected chi connectivity index (χ2v) is 5.31. The van der Waals surface area contributed by atoms with Crippen LogP contribution in [0.15, 0.2) is 48.5 Å². The molecule has 2 aromatic rings. The molecule has 0 aromatic heterocycles. The Morgan fingerprint density at radius 3 is 2.38 bits per heavy atom. The molecule has 0 heterocycles. The molecule has 0 aliphatic heterocycles. The summed E-state index contributed by atoms with van der Waals surface area (Å²) in [6, 6.07) is 17.3. The number of benzene rings is 2. The fourth-order valence-corrected chi connectivity index (χ4v) is 2.66. The maximum atomic E-state index is 5.49. The van der Waals surface area contributed by atoms with Gasteiger partial charge in [0.25, 0.3) is 0 Å². The molecule has 2 nitrogen and oxygen atoms in total. The zero-order chi connectivity index (χ0) is 15.1. The van der Waals surface area contributed by atoms with Crippen LogP contribution in [0, 0.1) is 0 Å². The molecule has 0 aliphatic rings. The molecule has 0 aliphatic carbocycles. The molecular weight excluding hydrogens is 258 g/mol. The van der Waals surface area contributed by atoms with Crippen molar-refractivity contribution in [3.63, 3.8) is 0 Å². The molecule has 0 saturated carbocycles. The van der Waals surface area contributed by atoms with E-state index >= 15 is 0 Å². The van der Waals surface area contributed by atoms with Gasteiger partial charge in [0.2, 0.25) is 0 Å². The number of methoxy groups -OCH3 is 1. The second kappa shape index (κ2) is 7.84. The molecule has 2 heteroatoms. The van der Waals surface area contributed by atoms with Gasteiger partial charge < -0.3 is 10.1 Å². The fourth-order valence-electron chi connectivity index (χ4n) is 2.66. The highest BCUT2D eigenvalue weighted by Crippen LogP contribution is 2.29. The highest BCUT2D eigenvalue weighted by molar-refractivity contribution is 5.42. The lowest BCUT2D eigenvalue weighted by atomic mass is 9.96. The predicted molar refractivity (Wildman–Crippen MR) is 89.0 cm³/mol. The van der Waals surface area contributed by atoms with Crippen LogP contribution in [0.5, 0.6) is 5.75 Å². The minimum Gasteiger partial charge on any atom is -0.496 e. The first-order valence-electron chi connectivity index (χ1n) is 7.69. The monoisotopic (exact) mass is 283 g/mol. The van der Waals surface area contributed by atoms with Crippen LogP contribution in [0.1, 0.15) is 42.5 Å². The Hall–Kier alpha value is -1.80. The van der Waals surface area contributed by atoms with E-state index in [-0.39, 0.29) is 6.04 Å². The highest BCUT2D eigenvalue weighted by atomic mass is 16.5. The van der Waals surface area contributed by atoms with Gasteiger partial charge in [-0.3, -0.25) is 0 Å². The van der Waals surface area contributed by atoms with E-state index < -0.39 is 0 Å². The highest BCUT2D eigenvalue weighted by Gasteiger charge is 2.15. The van der Waals surface area contributed by atoms with Crippen LogP contribution in [-0.2, 0) is 6.42 Å². The summed E-state index contributed by atoms with van der Waals surface area (Å²) in [5.41, 5.74) is 3.85. The van der Waals surface area contributed by atoms with Crippen LogP contribution in [-0.4, -0.2) is 14.2 Å². The summed E-state index contributed by atoms with van der Waals surface area (Å²) >= 11 is 0. The average Bonchev–Trinajstić information content (AvgIpc) is 2.55. The summed E-state index contributed by atoms with van der Waals surface area (Å²) in [5, 5.41) is 3.39. The molecule has 1 unspecified atom stereocenters. The van der Waals surface area contributed by atoms with Crippen LogP contribution in [0.25, 0.3) is 0 Å². The third kappa shape index (κ3) is 3.85. The van der Waals surface area contributed by atoms with Gasteiger partial charge in [-0.15, -0.1) is 0 Å². The topological polar surface area (TPSA) is 21.3 Å². The summed E-state index contributed by atoms with van der Waals surface area (Å²) in [4.78, 5) is 0. The lowest BCUT2D eigenvalue weighted by Crippen LogP contribution is -2.18. The molecule has 1 atom stereocenters. The van der Waals surface area contributed by atoms with E-state index in [4.69, 9.17) is 4.74 Å². The molecule has 21 heavy (non-hydrogen) atoms. The van der Waals surface area contributed by atoms with Crippen LogP contribution in [0.3, 0.4) is 0 Å². The zero-order valence-electron chi connectivity index (χ0n) is 13.2. The minimum absolute atomic E-state index is 0.154. The Labute approximate surface area is 128 Å². The molecule has 0 radical (unpaired) electrons. The summed E-state index contributed by atoms with van der Waals surface area (Å²) in [5.74, 6) is 0.923. The first-order chi connectivity index (χ1) is 10.3. The van der Waals surface area contributed by atoms with Crippen molar-refractivity contribution in [2.75, 3.05) is 14.2 Å². The van der Waals surface area contributed by atoms with E-state index in [0.29, 0.717) is 0 Å². The van der Waals surface area contributed by atoms with Crippen molar-refractivity contribution in [1.29, 1.82) is 0 Å². The Morgan fingerprint density at radius 1 is 1.05 bits per heavy atom. The predicted octanol–water partition coefficient (Wildman–Crippen LogP) is 4.35. The summed E-state index contributed by atoms with van der Waals surface area (Å²) < 4.78 is 5.49. The molecule has 0 bridgehead atoms. The van der Waals surface area contributed by atoms with Crippen molar-refractivity contribution in [3.05, 3.63) is 65.2 Å². The van der Waals surface area contributed by atoms with Crippen molar-refractivity contribution < 1.29 is 4.74 Å². The van der Waals surface area contributed by atoms with Gasteiger partial charge in [0.05, 0.1) is 13.2 Å². The van der Waals surface area contributed by atoms with Gasteiger partial charge in [-0.25, -0.2) is 0 Å². The molecule has 0 saturated heterocycles. The van der Waals surface area contributed by atoms with E-state index in [1.54, 1.807) is 7.11 Å². The smallest absolute Gasteiger partial charge is 0.123 e. The number of para-hydroxylation sites is 1. The molecule has 0 spiro atoms. The molecule has 1 N–H and O–H groups in total. The van der Waals surface area contributed by atoms with Crippen molar-refractivity contribution >= 4 is 0 Å². The Kier molecular flexibility index (Phi) is 5.82.